The van der Waals surface area contributed by atoms with Gasteiger partial charge >= 0.3 is 0 Å². The van der Waals surface area contributed by atoms with Crippen LogP contribution in [0.4, 0.5) is 0 Å². The van der Waals surface area contributed by atoms with E-state index in [0.717, 1.165) is 21.9 Å². The van der Waals surface area contributed by atoms with E-state index in [2.05, 4.69) is 17.2 Å². The van der Waals surface area contributed by atoms with Crippen molar-refractivity contribution in [3.8, 4) is 11.8 Å². The molecule has 0 spiro atoms. The predicted molar refractivity (Wildman–Crippen MR) is 74.7 cm³/mol. The van der Waals surface area contributed by atoms with E-state index >= 15 is 0 Å². The summed E-state index contributed by atoms with van der Waals surface area (Å²) in [5, 5.41) is 3.00. The van der Waals surface area contributed by atoms with E-state index in [9.17, 15) is 4.79 Å². The highest BCUT2D eigenvalue weighted by Gasteiger charge is 2.19. The summed E-state index contributed by atoms with van der Waals surface area (Å²) in [6.07, 6.45) is 3.80. The molecule has 0 saturated heterocycles. The number of thiophene rings is 1. The fourth-order valence-electron chi connectivity index (χ4n) is 1.87. The van der Waals surface area contributed by atoms with Crippen molar-refractivity contribution < 1.29 is 4.79 Å². The maximum absolute atomic E-state index is 12.0. The number of carbonyl (C=O) groups excluding carboxylic acids is 1. The highest BCUT2D eigenvalue weighted by Crippen LogP contribution is 2.26. The normalized spacial score (nSPS) is 14.6. The monoisotopic (exact) mass is 262 g/mol. The minimum Gasteiger partial charge on any atom is -0.351 e. The molecule has 0 radical (unpaired) electrons. The van der Waals surface area contributed by atoms with Gasteiger partial charge < -0.3 is 11.1 Å². The first-order valence-corrected chi connectivity index (χ1v) is 7.10. The lowest BCUT2D eigenvalue weighted by molar-refractivity contribution is 0.0943. The number of nitrogens with one attached hydrogen (secondary N) is 1. The van der Waals surface area contributed by atoms with Gasteiger partial charge in [0.25, 0.3) is 5.91 Å². The summed E-state index contributed by atoms with van der Waals surface area (Å²) in [6, 6.07) is 1.90. The Morgan fingerprint density at radius 1 is 1.61 bits per heavy atom. The summed E-state index contributed by atoms with van der Waals surface area (Å²) in [4.78, 5) is 13.6. The molecule has 0 aliphatic heterocycles. The highest BCUT2D eigenvalue weighted by atomic mass is 32.1. The van der Waals surface area contributed by atoms with Crippen LogP contribution in [0.25, 0.3) is 0 Å². The quantitative estimate of drug-likeness (QED) is 0.817. The lowest BCUT2D eigenvalue weighted by Gasteiger charge is -2.25. The van der Waals surface area contributed by atoms with Crippen LogP contribution in [0.15, 0.2) is 6.07 Å². The molecule has 18 heavy (non-hydrogen) atoms. The Labute approximate surface area is 112 Å². The first-order chi connectivity index (χ1) is 8.70. The molecule has 0 atom stereocenters. The van der Waals surface area contributed by atoms with Crippen molar-refractivity contribution in [3.63, 3.8) is 0 Å². The Morgan fingerprint density at radius 2 is 2.39 bits per heavy atom. The van der Waals surface area contributed by atoms with Gasteiger partial charge in [0.15, 0.2) is 0 Å². The Balaban J connectivity index is 1.96. The summed E-state index contributed by atoms with van der Waals surface area (Å²) in [5.74, 6) is 6.53. The fraction of sp³-hybridized carbons (Fsp3) is 0.500. The predicted octanol–water partition coefficient (Wildman–Crippen LogP) is 1.90. The zero-order chi connectivity index (χ0) is 13.0. The molecule has 1 amide bonds. The molecule has 1 aromatic heterocycles. The fourth-order valence-corrected chi connectivity index (χ4v) is 2.83. The van der Waals surface area contributed by atoms with Crippen molar-refractivity contribution in [1.82, 2.24) is 5.32 Å². The van der Waals surface area contributed by atoms with Gasteiger partial charge in [-0.05, 0) is 37.3 Å². The van der Waals surface area contributed by atoms with Gasteiger partial charge in [0.05, 0.1) is 16.3 Å². The van der Waals surface area contributed by atoms with E-state index in [1.165, 1.54) is 30.6 Å². The Kier molecular flexibility index (Phi) is 4.40. The van der Waals surface area contributed by atoms with E-state index in [0.29, 0.717) is 12.5 Å². The lowest BCUT2D eigenvalue weighted by Crippen LogP contribution is -2.31. The molecular weight excluding hydrogens is 244 g/mol. The van der Waals surface area contributed by atoms with E-state index in [1.54, 1.807) is 0 Å². The average molecular weight is 262 g/mol. The van der Waals surface area contributed by atoms with Crippen LogP contribution in [0.2, 0.25) is 0 Å². The molecule has 0 unspecified atom stereocenters. The second-order valence-corrected chi connectivity index (χ2v) is 5.69. The Bertz CT molecular complexity index is 492. The number of carbonyl (C=O) groups is 1. The molecule has 2 rings (SSSR count). The van der Waals surface area contributed by atoms with Crippen molar-refractivity contribution >= 4 is 17.2 Å². The van der Waals surface area contributed by atoms with Crippen LogP contribution < -0.4 is 11.1 Å². The molecule has 0 bridgehead atoms. The van der Waals surface area contributed by atoms with Gasteiger partial charge in [-0.2, -0.15) is 0 Å². The van der Waals surface area contributed by atoms with Gasteiger partial charge in [0.1, 0.15) is 0 Å². The van der Waals surface area contributed by atoms with Gasteiger partial charge in [-0.25, -0.2) is 0 Å². The molecule has 1 aromatic rings. The topological polar surface area (TPSA) is 55.1 Å². The van der Waals surface area contributed by atoms with Crippen LogP contribution in [-0.4, -0.2) is 19.0 Å². The molecular formula is C14H18N2OS. The van der Waals surface area contributed by atoms with Crippen molar-refractivity contribution in [3.05, 3.63) is 21.4 Å². The number of aryl methyl sites for hydroxylation is 1. The standard InChI is InChI=1S/C14H18N2OS/c1-10-8-13(18-12(10)6-3-7-15)14(17)16-9-11-4-2-5-11/h8,11H,2,4-5,7,9,15H2,1H3,(H,16,17). The van der Waals surface area contributed by atoms with E-state index in [4.69, 9.17) is 5.73 Å². The van der Waals surface area contributed by atoms with Gasteiger partial charge in [-0.3, -0.25) is 4.79 Å². The first-order valence-electron chi connectivity index (χ1n) is 6.28. The van der Waals surface area contributed by atoms with Crippen LogP contribution in [0, 0.1) is 24.7 Å². The van der Waals surface area contributed by atoms with Crippen molar-refractivity contribution in [2.45, 2.75) is 26.2 Å². The minimum atomic E-state index is 0.0239. The first kappa shape index (κ1) is 13.1. The zero-order valence-electron chi connectivity index (χ0n) is 10.6. The van der Waals surface area contributed by atoms with Crippen molar-refractivity contribution in [1.29, 1.82) is 0 Å². The summed E-state index contributed by atoms with van der Waals surface area (Å²) < 4.78 is 0. The van der Waals surface area contributed by atoms with E-state index in [1.807, 2.05) is 13.0 Å². The number of rotatable bonds is 3. The highest BCUT2D eigenvalue weighted by molar-refractivity contribution is 7.14. The Morgan fingerprint density at radius 3 is 3.00 bits per heavy atom. The van der Waals surface area contributed by atoms with Crippen molar-refractivity contribution in [2.24, 2.45) is 11.7 Å². The molecule has 1 heterocycles. The van der Waals surface area contributed by atoms with Crippen LogP contribution in [0.1, 0.15) is 39.4 Å². The molecule has 96 valence electrons. The number of amides is 1. The average Bonchev–Trinajstić information content (AvgIpc) is 2.66. The number of hydrogen-bond donors (Lipinski definition) is 2. The van der Waals surface area contributed by atoms with E-state index in [-0.39, 0.29) is 5.91 Å². The second-order valence-electron chi connectivity index (χ2n) is 4.64. The second kappa shape index (κ2) is 6.03. The third kappa shape index (κ3) is 3.12. The summed E-state index contributed by atoms with van der Waals surface area (Å²) in [6.45, 7) is 3.12. The van der Waals surface area contributed by atoms with E-state index < -0.39 is 0 Å². The van der Waals surface area contributed by atoms with Crippen molar-refractivity contribution in [2.75, 3.05) is 13.1 Å². The summed E-state index contributed by atoms with van der Waals surface area (Å²) >= 11 is 1.44. The molecule has 1 aliphatic rings. The molecule has 4 heteroatoms. The maximum atomic E-state index is 12.0. The Hall–Kier alpha value is -1.31. The zero-order valence-corrected chi connectivity index (χ0v) is 11.4. The maximum Gasteiger partial charge on any atom is 0.261 e. The molecule has 1 saturated carbocycles. The lowest BCUT2D eigenvalue weighted by atomic mass is 9.85. The third-order valence-electron chi connectivity index (χ3n) is 3.22. The summed E-state index contributed by atoms with van der Waals surface area (Å²) in [7, 11) is 0. The molecule has 3 N–H and O–H groups in total. The summed E-state index contributed by atoms with van der Waals surface area (Å²) in [5.41, 5.74) is 6.40. The smallest absolute Gasteiger partial charge is 0.261 e. The molecule has 3 nitrogen and oxygen atoms in total. The van der Waals surface area contributed by atoms with Gasteiger partial charge in [0, 0.05) is 6.54 Å². The van der Waals surface area contributed by atoms with Crippen LogP contribution in [-0.2, 0) is 0 Å². The van der Waals surface area contributed by atoms with Gasteiger partial charge in [0.2, 0.25) is 0 Å². The van der Waals surface area contributed by atoms with Gasteiger partial charge in [-0.1, -0.05) is 18.3 Å². The SMILES string of the molecule is Cc1cc(C(=O)NCC2CCC2)sc1C#CCN. The van der Waals surface area contributed by atoms with Gasteiger partial charge in [-0.15, -0.1) is 11.3 Å². The molecule has 0 aromatic carbocycles. The molecule has 1 fully saturated rings. The third-order valence-corrected chi connectivity index (χ3v) is 4.37. The number of nitrogens with two attached hydrogens (primary N) is 1. The van der Waals surface area contributed by atoms with Crippen LogP contribution >= 0.6 is 11.3 Å². The molecule has 1 aliphatic carbocycles. The minimum absolute atomic E-state index is 0.0239. The van der Waals surface area contributed by atoms with Crippen LogP contribution in [0.5, 0.6) is 0 Å². The largest absolute Gasteiger partial charge is 0.351 e. The number of hydrogen-bond acceptors (Lipinski definition) is 3. The van der Waals surface area contributed by atoms with Crippen LogP contribution in [0.3, 0.4) is 0 Å².